The van der Waals surface area contributed by atoms with Gasteiger partial charge in [0, 0.05) is 18.7 Å². The maximum absolute atomic E-state index is 10.9. The van der Waals surface area contributed by atoms with Gasteiger partial charge in [-0.25, -0.2) is 0 Å². The molecule has 1 N–H and O–H groups in total. The van der Waals surface area contributed by atoms with Crippen LogP contribution >= 0.6 is 15.9 Å². The number of aliphatic carboxylic acids is 1. The van der Waals surface area contributed by atoms with E-state index in [1.165, 1.54) is 6.07 Å². The highest BCUT2D eigenvalue weighted by Gasteiger charge is 2.20. The lowest BCUT2D eigenvalue weighted by atomic mass is 10.1. The maximum atomic E-state index is 10.9. The number of rotatable bonds is 7. The number of halogens is 1. The zero-order chi connectivity index (χ0) is 15.3. The van der Waals surface area contributed by atoms with Crippen molar-refractivity contribution in [1.29, 1.82) is 0 Å². The predicted molar refractivity (Wildman–Crippen MR) is 78.6 cm³/mol. The summed E-state index contributed by atoms with van der Waals surface area (Å²) in [6, 6.07) is 4.73. The second kappa shape index (κ2) is 7.35. The highest BCUT2D eigenvalue weighted by Crippen LogP contribution is 2.29. The molecular formula is C13H17BrN2O4. The molecule has 0 saturated carbocycles. The number of nitro groups is 1. The van der Waals surface area contributed by atoms with Crippen LogP contribution in [0, 0.1) is 10.1 Å². The van der Waals surface area contributed by atoms with Crippen molar-refractivity contribution in [2.24, 2.45) is 0 Å². The molecule has 0 amide bonds. The van der Waals surface area contributed by atoms with Gasteiger partial charge in [-0.3, -0.25) is 19.8 Å². The monoisotopic (exact) mass is 344 g/mol. The fourth-order valence-electron chi connectivity index (χ4n) is 2.01. The number of hydrogen-bond acceptors (Lipinski definition) is 4. The SMILES string of the molecule is CCN(Cc1cccc([N+](=O)[O-])c1Br)C(C)CC(=O)O. The van der Waals surface area contributed by atoms with Crippen LogP contribution in [0.5, 0.6) is 0 Å². The van der Waals surface area contributed by atoms with Gasteiger partial charge in [0.25, 0.3) is 5.69 Å². The molecule has 1 unspecified atom stereocenters. The smallest absolute Gasteiger partial charge is 0.304 e. The minimum atomic E-state index is -0.853. The number of carboxylic acids is 1. The summed E-state index contributed by atoms with van der Waals surface area (Å²) in [4.78, 5) is 23.2. The van der Waals surface area contributed by atoms with Gasteiger partial charge in [-0.1, -0.05) is 19.1 Å². The standard InChI is InChI=1S/C13H17BrN2O4/c1-3-15(9(2)7-12(17)18)8-10-5-4-6-11(13(10)14)16(19)20/h4-6,9H,3,7-8H2,1-2H3,(H,17,18). The van der Waals surface area contributed by atoms with Crippen molar-refractivity contribution < 1.29 is 14.8 Å². The highest BCUT2D eigenvalue weighted by molar-refractivity contribution is 9.10. The molecule has 1 rings (SSSR count). The molecule has 1 atom stereocenters. The Morgan fingerprint density at radius 3 is 2.70 bits per heavy atom. The summed E-state index contributed by atoms with van der Waals surface area (Å²) in [6.07, 6.45) is 0.0420. The van der Waals surface area contributed by atoms with Crippen LogP contribution in [0.25, 0.3) is 0 Å². The van der Waals surface area contributed by atoms with E-state index in [2.05, 4.69) is 15.9 Å². The number of carbonyl (C=O) groups is 1. The molecule has 1 aromatic carbocycles. The van der Waals surface area contributed by atoms with E-state index in [0.29, 0.717) is 17.6 Å². The lowest BCUT2D eigenvalue weighted by Gasteiger charge is -2.27. The summed E-state index contributed by atoms with van der Waals surface area (Å²) in [5, 5.41) is 19.7. The van der Waals surface area contributed by atoms with Gasteiger partial charge in [0.15, 0.2) is 0 Å². The number of nitro benzene ring substituents is 1. The Kier molecular flexibility index (Phi) is 6.09. The lowest BCUT2D eigenvalue weighted by molar-refractivity contribution is -0.385. The Labute approximate surface area is 125 Å². The van der Waals surface area contributed by atoms with Crippen molar-refractivity contribution in [2.75, 3.05) is 6.54 Å². The van der Waals surface area contributed by atoms with Gasteiger partial charge in [0.1, 0.15) is 0 Å². The molecule has 0 aliphatic rings. The molecule has 6 nitrogen and oxygen atoms in total. The molecule has 7 heteroatoms. The zero-order valence-corrected chi connectivity index (χ0v) is 13.0. The van der Waals surface area contributed by atoms with Crippen LogP contribution < -0.4 is 0 Å². The highest BCUT2D eigenvalue weighted by atomic mass is 79.9. The molecule has 0 heterocycles. The predicted octanol–water partition coefficient (Wildman–Crippen LogP) is 3.04. The van der Waals surface area contributed by atoms with E-state index in [0.717, 1.165) is 5.56 Å². The van der Waals surface area contributed by atoms with Crippen molar-refractivity contribution >= 4 is 27.6 Å². The van der Waals surface area contributed by atoms with Gasteiger partial charge < -0.3 is 5.11 Å². The number of benzene rings is 1. The fourth-order valence-corrected chi connectivity index (χ4v) is 2.54. The van der Waals surface area contributed by atoms with Gasteiger partial charge in [0.2, 0.25) is 0 Å². The molecule has 20 heavy (non-hydrogen) atoms. The molecule has 1 aromatic rings. The molecular weight excluding hydrogens is 328 g/mol. The van der Waals surface area contributed by atoms with Crippen molar-refractivity contribution in [3.8, 4) is 0 Å². The van der Waals surface area contributed by atoms with E-state index in [-0.39, 0.29) is 18.2 Å². The molecule has 0 radical (unpaired) electrons. The summed E-state index contributed by atoms with van der Waals surface area (Å²) < 4.78 is 0.450. The molecule has 110 valence electrons. The third-order valence-corrected chi connectivity index (χ3v) is 4.04. The number of nitrogens with zero attached hydrogens (tertiary/aromatic N) is 2. The minimum absolute atomic E-state index is 0.0180. The molecule has 0 fully saturated rings. The van der Waals surface area contributed by atoms with Crippen LogP contribution in [0.2, 0.25) is 0 Å². The summed E-state index contributed by atoms with van der Waals surface area (Å²) in [5.74, 6) is -0.853. The zero-order valence-electron chi connectivity index (χ0n) is 11.4. The number of carboxylic acid groups (broad SMARTS) is 1. The van der Waals surface area contributed by atoms with E-state index in [1.54, 1.807) is 12.1 Å². The normalized spacial score (nSPS) is 12.4. The molecule has 0 aromatic heterocycles. The molecule has 0 spiro atoms. The second-order valence-corrected chi connectivity index (χ2v) is 5.31. The van der Waals surface area contributed by atoms with Gasteiger partial charge in [-0.2, -0.15) is 0 Å². The Hall–Kier alpha value is -1.47. The summed E-state index contributed by atoms with van der Waals surface area (Å²) >= 11 is 3.25. The van der Waals surface area contributed by atoms with E-state index in [4.69, 9.17) is 5.11 Å². The van der Waals surface area contributed by atoms with Crippen molar-refractivity contribution in [3.05, 3.63) is 38.3 Å². The summed E-state index contributed by atoms with van der Waals surface area (Å²) in [6.45, 7) is 4.91. The third-order valence-electron chi connectivity index (χ3n) is 3.13. The average molecular weight is 345 g/mol. The quantitative estimate of drug-likeness (QED) is 0.607. The Bertz CT molecular complexity index is 507. The van der Waals surface area contributed by atoms with E-state index < -0.39 is 10.9 Å². The lowest BCUT2D eigenvalue weighted by Crippen LogP contribution is -2.34. The average Bonchev–Trinajstić information content (AvgIpc) is 2.36. The van der Waals surface area contributed by atoms with Gasteiger partial charge in [-0.05, 0) is 35.0 Å². The first-order chi connectivity index (χ1) is 9.36. The minimum Gasteiger partial charge on any atom is -0.481 e. The van der Waals surface area contributed by atoms with Crippen molar-refractivity contribution in [2.45, 2.75) is 32.9 Å². The van der Waals surface area contributed by atoms with Crippen LogP contribution in [0.3, 0.4) is 0 Å². The van der Waals surface area contributed by atoms with E-state index in [1.807, 2.05) is 18.7 Å². The van der Waals surface area contributed by atoms with E-state index >= 15 is 0 Å². The first kappa shape index (κ1) is 16.6. The topological polar surface area (TPSA) is 83.7 Å². The van der Waals surface area contributed by atoms with Crippen LogP contribution in [-0.4, -0.2) is 33.5 Å². The molecule has 0 aliphatic heterocycles. The summed E-state index contributed by atoms with van der Waals surface area (Å²) in [7, 11) is 0. The molecule has 0 bridgehead atoms. The maximum Gasteiger partial charge on any atom is 0.304 e. The Balaban J connectivity index is 2.93. The van der Waals surface area contributed by atoms with Crippen LogP contribution in [-0.2, 0) is 11.3 Å². The van der Waals surface area contributed by atoms with Crippen molar-refractivity contribution in [1.82, 2.24) is 4.90 Å². The third kappa shape index (κ3) is 4.28. The van der Waals surface area contributed by atoms with Gasteiger partial charge in [0.05, 0.1) is 15.8 Å². The Morgan fingerprint density at radius 1 is 1.55 bits per heavy atom. The van der Waals surface area contributed by atoms with Crippen molar-refractivity contribution in [3.63, 3.8) is 0 Å². The van der Waals surface area contributed by atoms with Gasteiger partial charge in [-0.15, -0.1) is 0 Å². The van der Waals surface area contributed by atoms with Crippen LogP contribution in [0.1, 0.15) is 25.8 Å². The van der Waals surface area contributed by atoms with Crippen LogP contribution in [0.15, 0.2) is 22.7 Å². The second-order valence-electron chi connectivity index (χ2n) is 4.52. The first-order valence-electron chi connectivity index (χ1n) is 6.24. The molecule has 0 aliphatic carbocycles. The first-order valence-corrected chi connectivity index (χ1v) is 7.03. The fraction of sp³-hybridized carbons (Fsp3) is 0.462. The van der Waals surface area contributed by atoms with E-state index in [9.17, 15) is 14.9 Å². The van der Waals surface area contributed by atoms with Gasteiger partial charge >= 0.3 is 5.97 Å². The number of hydrogen-bond donors (Lipinski definition) is 1. The van der Waals surface area contributed by atoms with Crippen LogP contribution in [0.4, 0.5) is 5.69 Å². The molecule has 0 saturated heterocycles. The Morgan fingerprint density at radius 2 is 2.20 bits per heavy atom. The summed E-state index contributed by atoms with van der Waals surface area (Å²) in [5.41, 5.74) is 0.794. The largest absolute Gasteiger partial charge is 0.481 e.